The molecule has 2 aromatic carbocycles. The lowest BCUT2D eigenvalue weighted by Gasteiger charge is -2.36. The Morgan fingerprint density at radius 1 is 1.03 bits per heavy atom. The van der Waals surface area contributed by atoms with Gasteiger partial charge < -0.3 is 19.1 Å². The van der Waals surface area contributed by atoms with Crippen molar-refractivity contribution in [3.8, 4) is 17.2 Å². The Kier molecular flexibility index (Phi) is 7.74. The first-order chi connectivity index (χ1) is 14.6. The Labute approximate surface area is 178 Å². The summed E-state index contributed by atoms with van der Waals surface area (Å²) in [6.07, 6.45) is 4.22. The van der Waals surface area contributed by atoms with Crippen LogP contribution in [0.15, 0.2) is 48.5 Å². The maximum Gasteiger partial charge on any atom is 0.308 e. The Hall–Kier alpha value is -2.99. The lowest BCUT2D eigenvalue weighted by Crippen LogP contribution is -2.46. The number of ether oxygens (including phenoxy) is 3. The minimum atomic E-state index is -0.361. The van der Waals surface area contributed by atoms with Crippen LogP contribution in [0.4, 0.5) is 5.69 Å². The number of anilines is 1. The quantitative estimate of drug-likeness (QED) is 0.487. The molecule has 3 rings (SSSR count). The van der Waals surface area contributed by atoms with Crippen LogP contribution in [0, 0.1) is 0 Å². The first kappa shape index (κ1) is 21.7. The summed E-state index contributed by atoms with van der Waals surface area (Å²) in [6, 6.07) is 13.8. The third-order valence-electron chi connectivity index (χ3n) is 4.99. The molecule has 0 N–H and O–H groups in total. The second kappa shape index (κ2) is 10.7. The number of rotatable bonds is 8. The van der Waals surface area contributed by atoms with Gasteiger partial charge >= 0.3 is 5.97 Å². The van der Waals surface area contributed by atoms with E-state index >= 15 is 0 Å². The summed E-state index contributed by atoms with van der Waals surface area (Å²) in [5, 5.41) is 0. The molecule has 1 heterocycles. The summed E-state index contributed by atoms with van der Waals surface area (Å²) in [5.41, 5.74) is 2.18. The van der Waals surface area contributed by atoms with Crippen LogP contribution in [-0.2, 0) is 4.79 Å². The van der Waals surface area contributed by atoms with Gasteiger partial charge in [0, 0.05) is 39.6 Å². The molecular weight excluding hydrogens is 380 g/mol. The Morgan fingerprint density at radius 2 is 1.80 bits per heavy atom. The van der Waals surface area contributed by atoms with E-state index in [9.17, 15) is 4.79 Å². The minimum absolute atomic E-state index is 0.361. The molecule has 0 spiro atoms. The molecule has 0 amide bonds. The van der Waals surface area contributed by atoms with E-state index in [2.05, 4.69) is 34.1 Å². The van der Waals surface area contributed by atoms with E-state index in [0.29, 0.717) is 18.1 Å². The molecule has 30 heavy (non-hydrogen) atoms. The summed E-state index contributed by atoms with van der Waals surface area (Å²) in [5.74, 6) is 1.58. The predicted octanol–water partition coefficient (Wildman–Crippen LogP) is 3.85. The highest BCUT2D eigenvalue weighted by Gasteiger charge is 2.18. The van der Waals surface area contributed by atoms with Crippen molar-refractivity contribution in [3.63, 3.8) is 0 Å². The summed E-state index contributed by atoms with van der Waals surface area (Å²) >= 11 is 0. The van der Waals surface area contributed by atoms with Gasteiger partial charge in [-0.25, -0.2) is 0 Å². The van der Waals surface area contributed by atoms with E-state index in [1.807, 2.05) is 31.2 Å². The van der Waals surface area contributed by atoms with Crippen molar-refractivity contribution >= 4 is 17.7 Å². The second-order valence-electron chi connectivity index (χ2n) is 7.09. The van der Waals surface area contributed by atoms with Crippen LogP contribution in [0.5, 0.6) is 17.2 Å². The molecule has 160 valence electrons. The molecular formula is C24H30N2O4. The molecule has 1 fully saturated rings. The van der Waals surface area contributed by atoms with Gasteiger partial charge in [-0.05, 0) is 36.8 Å². The number of piperazine rings is 1. The summed E-state index contributed by atoms with van der Waals surface area (Å²) in [4.78, 5) is 16.0. The average Bonchev–Trinajstić information content (AvgIpc) is 2.75. The normalized spacial score (nSPS) is 14.7. The van der Waals surface area contributed by atoms with Gasteiger partial charge in [0.15, 0.2) is 11.5 Å². The number of hydrogen-bond donors (Lipinski definition) is 0. The van der Waals surface area contributed by atoms with Crippen LogP contribution < -0.4 is 19.1 Å². The number of esters is 1. The van der Waals surface area contributed by atoms with E-state index in [1.54, 1.807) is 13.2 Å². The van der Waals surface area contributed by atoms with Gasteiger partial charge in [-0.15, -0.1) is 0 Å². The molecule has 2 aromatic rings. The molecule has 0 saturated carbocycles. The first-order valence-electron chi connectivity index (χ1n) is 10.3. The number of nitrogens with zero attached hydrogens (tertiary/aromatic N) is 2. The number of carbonyl (C=O) groups is 1. The van der Waals surface area contributed by atoms with Gasteiger partial charge in [-0.1, -0.05) is 30.4 Å². The smallest absolute Gasteiger partial charge is 0.308 e. The highest BCUT2D eigenvalue weighted by Crippen LogP contribution is 2.30. The number of hydrogen-bond acceptors (Lipinski definition) is 6. The fourth-order valence-corrected chi connectivity index (χ4v) is 3.53. The van der Waals surface area contributed by atoms with Crippen LogP contribution in [0.25, 0.3) is 6.08 Å². The Morgan fingerprint density at radius 3 is 2.50 bits per heavy atom. The van der Waals surface area contributed by atoms with Crippen molar-refractivity contribution in [2.24, 2.45) is 0 Å². The second-order valence-corrected chi connectivity index (χ2v) is 7.09. The van der Waals surface area contributed by atoms with Crippen LogP contribution in [0.2, 0.25) is 0 Å². The molecule has 6 heteroatoms. The standard InChI is InChI=1S/C24H30N2O4/c1-4-29-22-10-6-5-9-21(22)26-16-14-25(15-17-26)13-7-8-20-11-12-23(30-19(2)27)24(18-20)28-3/h5-12,18H,4,13-17H2,1-3H3. The van der Waals surface area contributed by atoms with Gasteiger partial charge in [-0.2, -0.15) is 0 Å². The third kappa shape index (κ3) is 5.76. The largest absolute Gasteiger partial charge is 0.493 e. The van der Waals surface area contributed by atoms with Gasteiger partial charge in [0.2, 0.25) is 0 Å². The van der Waals surface area contributed by atoms with E-state index in [1.165, 1.54) is 12.6 Å². The lowest BCUT2D eigenvalue weighted by molar-refractivity contribution is -0.132. The van der Waals surface area contributed by atoms with Gasteiger partial charge in [-0.3, -0.25) is 9.69 Å². The van der Waals surface area contributed by atoms with Gasteiger partial charge in [0.1, 0.15) is 5.75 Å². The van der Waals surface area contributed by atoms with E-state index in [-0.39, 0.29) is 5.97 Å². The predicted molar refractivity (Wildman–Crippen MR) is 120 cm³/mol. The molecule has 0 aromatic heterocycles. The summed E-state index contributed by atoms with van der Waals surface area (Å²) in [6.45, 7) is 8.90. The molecule has 6 nitrogen and oxygen atoms in total. The zero-order chi connectivity index (χ0) is 21.3. The first-order valence-corrected chi connectivity index (χ1v) is 10.3. The molecule has 0 atom stereocenters. The fourth-order valence-electron chi connectivity index (χ4n) is 3.53. The van der Waals surface area contributed by atoms with Crippen LogP contribution in [0.1, 0.15) is 19.4 Å². The Balaban J connectivity index is 1.53. The Bertz CT molecular complexity index is 873. The van der Waals surface area contributed by atoms with Crippen LogP contribution in [0.3, 0.4) is 0 Å². The van der Waals surface area contributed by atoms with Crippen LogP contribution >= 0.6 is 0 Å². The van der Waals surface area contributed by atoms with E-state index < -0.39 is 0 Å². The molecule has 1 saturated heterocycles. The van der Waals surface area contributed by atoms with Crippen molar-refractivity contribution in [2.45, 2.75) is 13.8 Å². The highest BCUT2D eigenvalue weighted by atomic mass is 16.6. The van der Waals surface area contributed by atoms with Crippen molar-refractivity contribution in [1.29, 1.82) is 0 Å². The molecule has 0 bridgehead atoms. The molecule has 0 radical (unpaired) electrons. The highest BCUT2D eigenvalue weighted by molar-refractivity contribution is 5.71. The van der Waals surface area contributed by atoms with Crippen molar-refractivity contribution < 1.29 is 19.0 Å². The average molecular weight is 411 g/mol. The number of carbonyl (C=O) groups excluding carboxylic acids is 1. The third-order valence-corrected chi connectivity index (χ3v) is 4.99. The van der Waals surface area contributed by atoms with E-state index in [4.69, 9.17) is 14.2 Å². The SMILES string of the molecule is CCOc1ccccc1N1CCN(CC=Cc2ccc(OC(C)=O)c(OC)c2)CC1. The maximum atomic E-state index is 11.2. The monoisotopic (exact) mass is 410 g/mol. The van der Waals surface area contributed by atoms with Crippen molar-refractivity contribution in [1.82, 2.24) is 4.90 Å². The maximum absolute atomic E-state index is 11.2. The van der Waals surface area contributed by atoms with Crippen molar-refractivity contribution in [2.75, 3.05) is 51.3 Å². The lowest BCUT2D eigenvalue weighted by atomic mass is 10.2. The molecule has 0 unspecified atom stereocenters. The summed E-state index contributed by atoms with van der Waals surface area (Å²) in [7, 11) is 1.57. The molecule has 1 aliphatic heterocycles. The van der Waals surface area contributed by atoms with Gasteiger partial charge in [0.05, 0.1) is 19.4 Å². The number of para-hydroxylation sites is 2. The summed E-state index contributed by atoms with van der Waals surface area (Å²) < 4.78 is 16.3. The van der Waals surface area contributed by atoms with Crippen LogP contribution in [-0.4, -0.2) is 57.3 Å². The topological polar surface area (TPSA) is 51.2 Å². The number of methoxy groups -OCH3 is 1. The molecule has 1 aliphatic rings. The number of benzene rings is 2. The zero-order valence-electron chi connectivity index (χ0n) is 18.0. The van der Waals surface area contributed by atoms with Crippen molar-refractivity contribution in [3.05, 3.63) is 54.1 Å². The fraction of sp³-hybridized carbons (Fsp3) is 0.375. The molecule has 0 aliphatic carbocycles. The zero-order valence-corrected chi connectivity index (χ0v) is 18.0. The van der Waals surface area contributed by atoms with E-state index in [0.717, 1.165) is 44.0 Å². The van der Waals surface area contributed by atoms with Gasteiger partial charge in [0.25, 0.3) is 0 Å². The minimum Gasteiger partial charge on any atom is -0.493 e.